The van der Waals surface area contributed by atoms with Crippen LogP contribution in [0.25, 0.3) is 0 Å². The Labute approximate surface area is 127 Å². The lowest BCUT2D eigenvalue weighted by molar-refractivity contribution is -0.133. The molecule has 0 bridgehead atoms. The van der Waals surface area contributed by atoms with E-state index in [1.54, 1.807) is 13.0 Å². The van der Waals surface area contributed by atoms with Crippen LogP contribution in [0.3, 0.4) is 0 Å². The molecule has 0 saturated carbocycles. The van der Waals surface area contributed by atoms with Crippen LogP contribution in [0.1, 0.15) is 18.9 Å². The lowest BCUT2D eigenvalue weighted by Crippen LogP contribution is -2.57. The van der Waals surface area contributed by atoms with Gasteiger partial charge in [-0.15, -0.1) is 0 Å². The first-order valence-electron chi connectivity index (χ1n) is 7.34. The monoisotopic (exact) mass is 313 g/mol. The minimum Gasteiger partial charge on any atom is -0.477 e. The van der Waals surface area contributed by atoms with Crippen LogP contribution in [-0.4, -0.2) is 38.1 Å². The van der Waals surface area contributed by atoms with Gasteiger partial charge < -0.3 is 9.47 Å². The second-order valence-corrected chi connectivity index (χ2v) is 5.70. The van der Waals surface area contributed by atoms with Gasteiger partial charge in [-0.25, -0.2) is 18.2 Å². The second kappa shape index (κ2) is 5.91. The SMILES string of the molecule is CC1=N[C@](CF)(c2ccccc2F)[C@H]2[C@H](CF)OCC[C@H]2O1. The molecule has 3 nitrogen and oxygen atoms in total. The molecule has 1 aromatic rings. The largest absolute Gasteiger partial charge is 0.477 e. The van der Waals surface area contributed by atoms with E-state index < -0.39 is 42.8 Å². The van der Waals surface area contributed by atoms with Crippen LogP contribution in [0.4, 0.5) is 13.2 Å². The molecule has 3 rings (SSSR count). The summed E-state index contributed by atoms with van der Waals surface area (Å²) < 4.78 is 52.9. The van der Waals surface area contributed by atoms with E-state index >= 15 is 0 Å². The van der Waals surface area contributed by atoms with Gasteiger partial charge >= 0.3 is 0 Å². The standard InChI is InChI=1S/C16H18F3NO2/c1-10-20-16(9-18,11-4-2-3-5-12(11)19)15-13(22-10)6-7-21-14(15)8-17/h2-5,13-15H,6-9H2,1H3/t13-,14+,15-,16-/m1/s1. The molecule has 0 radical (unpaired) electrons. The molecule has 0 amide bonds. The fourth-order valence-electron chi connectivity index (χ4n) is 3.59. The summed E-state index contributed by atoms with van der Waals surface area (Å²) in [6, 6.07) is 5.91. The maximum Gasteiger partial charge on any atom is 0.181 e. The first-order valence-corrected chi connectivity index (χ1v) is 7.34. The van der Waals surface area contributed by atoms with Gasteiger partial charge in [-0.3, -0.25) is 0 Å². The van der Waals surface area contributed by atoms with Gasteiger partial charge in [-0.05, 0) is 6.07 Å². The number of halogens is 3. The first-order chi connectivity index (χ1) is 10.6. The van der Waals surface area contributed by atoms with E-state index in [1.807, 2.05) is 0 Å². The van der Waals surface area contributed by atoms with Gasteiger partial charge in [0.2, 0.25) is 0 Å². The maximum atomic E-state index is 14.3. The van der Waals surface area contributed by atoms with Crippen molar-refractivity contribution < 1.29 is 22.6 Å². The lowest BCUT2D eigenvalue weighted by Gasteiger charge is -2.48. The fraction of sp³-hybridized carbons (Fsp3) is 0.562. The van der Waals surface area contributed by atoms with Crippen molar-refractivity contribution in [1.82, 2.24) is 0 Å². The molecule has 2 heterocycles. The summed E-state index contributed by atoms with van der Waals surface area (Å²) in [6.07, 6.45) is -0.780. The molecule has 6 heteroatoms. The highest BCUT2D eigenvalue weighted by Crippen LogP contribution is 2.46. The number of alkyl halides is 2. The number of benzene rings is 1. The maximum absolute atomic E-state index is 14.3. The molecule has 0 aliphatic carbocycles. The average molecular weight is 313 g/mol. The van der Waals surface area contributed by atoms with E-state index in [1.165, 1.54) is 18.2 Å². The highest BCUT2D eigenvalue weighted by molar-refractivity contribution is 5.75. The molecule has 1 saturated heterocycles. The zero-order valence-electron chi connectivity index (χ0n) is 12.3. The van der Waals surface area contributed by atoms with E-state index in [9.17, 15) is 13.2 Å². The summed E-state index contributed by atoms with van der Waals surface area (Å²) in [6.45, 7) is 0.231. The number of nitrogens with zero attached hydrogens (tertiary/aromatic N) is 1. The quantitative estimate of drug-likeness (QED) is 0.858. The van der Waals surface area contributed by atoms with Crippen LogP contribution in [-0.2, 0) is 15.0 Å². The van der Waals surface area contributed by atoms with Gasteiger partial charge in [-0.1, -0.05) is 18.2 Å². The number of hydrogen-bond donors (Lipinski definition) is 0. The third-order valence-electron chi connectivity index (χ3n) is 4.46. The molecule has 2 aliphatic heterocycles. The van der Waals surface area contributed by atoms with Crippen molar-refractivity contribution in [3.8, 4) is 0 Å². The Morgan fingerprint density at radius 3 is 2.77 bits per heavy atom. The third kappa shape index (κ3) is 2.29. The van der Waals surface area contributed by atoms with E-state index in [4.69, 9.17) is 9.47 Å². The van der Waals surface area contributed by atoms with Crippen molar-refractivity contribution in [2.75, 3.05) is 20.0 Å². The van der Waals surface area contributed by atoms with Crippen LogP contribution in [0, 0.1) is 11.7 Å². The van der Waals surface area contributed by atoms with Crippen molar-refractivity contribution in [2.45, 2.75) is 31.1 Å². The van der Waals surface area contributed by atoms with Gasteiger partial charge in [0.1, 0.15) is 30.8 Å². The van der Waals surface area contributed by atoms with Gasteiger partial charge in [0.25, 0.3) is 0 Å². The molecule has 1 fully saturated rings. The average Bonchev–Trinajstić information content (AvgIpc) is 2.53. The highest BCUT2D eigenvalue weighted by Gasteiger charge is 2.55. The Hall–Kier alpha value is -1.56. The van der Waals surface area contributed by atoms with Gasteiger partial charge in [0.05, 0.1) is 18.6 Å². The Kier molecular flexibility index (Phi) is 4.12. The third-order valence-corrected chi connectivity index (χ3v) is 4.46. The predicted molar refractivity (Wildman–Crippen MR) is 75.9 cm³/mol. The number of rotatable bonds is 3. The molecule has 0 N–H and O–H groups in total. The normalized spacial score (nSPS) is 34.5. The number of aliphatic imine (C=N–C) groups is 1. The van der Waals surface area contributed by atoms with Crippen molar-refractivity contribution in [3.63, 3.8) is 0 Å². The number of ether oxygens (including phenoxy) is 2. The molecular formula is C16H18F3NO2. The Bertz CT molecular complexity index is 580. The summed E-state index contributed by atoms with van der Waals surface area (Å²) in [5.41, 5.74) is -1.38. The summed E-state index contributed by atoms with van der Waals surface area (Å²) >= 11 is 0. The van der Waals surface area contributed by atoms with Gasteiger partial charge in [0, 0.05) is 18.9 Å². The van der Waals surface area contributed by atoms with Crippen LogP contribution in [0.2, 0.25) is 0 Å². The van der Waals surface area contributed by atoms with E-state index in [-0.39, 0.29) is 5.56 Å². The lowest BCUT2D eigenvalue weighted by atomic mass is 9.71. The topological polar surface area (TPSA) is 30.8 Å². The minimum absolute atomic E-state index is 0.124. The van der Waals surface area contributed by atoms with Crippen LogP contribution in [0.5, 0.6) is 0 Å². The highest BCUT2D eigenvalue weighted by atomic mass is 19.1. The van der Waals surface area contributed by atoms with Crippen molar-refractivity contribution in [3.05, 3.63) is 35.6 Å². The van der Waals surface area contributed by atoms with E-state index in [2.05, 4.69) is 4.99 Å². The minimum atomic E-state index is -1.50. The molecule has 0 aromatic heterocycles. The number of hydrogen-bond acceptors (Lipinski definition) is 3. The van der Waals surface area contributed by atoms with Gasteiger partial charge in [-0.2, -0.15) is 0 Å². The molecule has 4 atom stereocenters. The molecule has 1 aromatic carbocycles. The Balaban J connectivity index is 2.17. The van der Waals surface area contributed by atoms with E-state index in [0.717, 1.165) is 0 Å². The van der Waals surface area contributed by atoms with Crippen molar-refractivity contribution >= 4 is 5.90 Å². The molecular weight excluding hydrogens is 295 g/mol. The molecule has 0 unspecified atom stereocenters. The fourth-order valence-corrected chi connectivity index (χ4v) is 3.59. The molecule has 120 valence electrons. The van der Waals surface area contributed by atoms with Crippen LogP contribution in [0.15, 0.2) is 29.3 Å². The van der Waals surface area contributed by atoms with E-state index in [0.29, 0.717) is 18.9 Å². The van der Waals surface area contributed by atoms with Crippen LogP contribution >= 0.6 is 0 Å². The summed E-state index contributed by atoms with van der Waals surface area (Å²) in [5.74, 6) is -0.959. The van der Waals surface area contributed by atoms with Gasteiger partial charge in [0.15, 0.2) is 5.90 Å². The molecule has 22 heavy (non-hydrogen) atoms. The predicted octanol–water partition coefficient (Wildman–Crippen LogP) is 3.18. The summed E-state index contributed by atoms with van der Waals surface area (Å²) in [5, 5.41) is 0. The Morgan fingerprint density at radius 2 is 2.09 bits per heavy atom. The molecule has 2 aliphatic rings. The van der Waals surface area contributed by atoms with Crippen LogP contribution < -0.4 is 0 Å². The zero-order valence-corrected chi connectivity index (χ0v) is 12.3. The Morgan fingerprint density at radius 1 is 1.32 bits per heavy atom. The zero-order chi connectivity index (χ0) is 15.7. The van der Waals surface area contributed by atoms with Crippen molar-refractivity contribution in [2.24, 2.45) is 10.9 Å². The second-order valence-electron chi connectivity index (χ2n) is 5.70. The summed E-state index contributed by atoms with van der Waals surface area (Å²) in [7, 11) is 0. The number of fused-ring (bicyclic) bond motifs is 1. The smallest absolute Gasteiger partial charge is 0.181 e. The summed E-state index contributed by atoms with van der Waals surface area (Å²) in [4.78, 5) is 4.28. The van der Waals surface area contributed by atoms with Crippen molar-refractivity contribution in [1.29, 1.82) is 0 Å². The first kappa shape index (κ1) is 15.3. The molecule has 0 spiro atoms.